The highest BCUT2D eigenvalue weighted by Gasteiger charge is 2.79. The first-order valence-corrected chi connectivity index (χ1v) is 28.0. The fourth-order valence-electron chi connectivity index (χ4n) is 16.4. The van der Waals surface area contributed by atoms with Gasteiger partial charge in [0.25, 0.3) is 0 Å². The molecule has 2 aromatic rings. The summed E-state index contributed by atoms with van der Waals surface area (Å²) in [6.45, 7) is 28.4. The number of fused-ring (bicyclic) bond motifs is 6. The normalized spacial score (nSPS) is 39.6. The van der Waals surface area contributed by atoms with Crippen molar-refractivity contribution < 1.29 is 86.9 Å². The van der Waals surface area contributed by atoms with Crippen molar-refractivity contribution in [2.45, 2.75) is 170 Å². The van der Waals surface area contributed by atoms with Gasteiger partial charge in [0, 0.05) is 62.2 Å². The van der Waals surface area contributed by atoms with E-state index in [1.807, 2.05) is 20.8 Å². The minimum absolute atomic E-state index is 0.0683. The molecule has 0 aromatic heterocycles. The van der Waals surface area contributed by atoms with Crippen molar-refractivity contribution in [3.05, 3.63) is 97.1 Å². The van der Waals surface area contributed by atoms with Gasteiger partial charge >= 0.3 is 29.8 Å². The molecule has 6 aliphatic rings. The molecule has 3 N–H and O–H groups in total. The van der Waals surface area contributed by atoms with Crippen LogP contribution in [-0.2, 0) is 62.0 Å². The van der Waals surface area contributed by atoms with E-state index in [1.54, 1.807) is 83.1 Å². The summed E-state index contributed by atoms with van der Waals surface area (Å²) in [5.41, 5.74) is -11.8. The lowest BCUT2D eigenvalue weighted by Crippen LogP contribution is -2.79. The predicted molar refractivity (Wildman–Crippen MR) is 295 cm³/mol. The van der Waals surface area contributed by atoms with Crippen LogP contribution in [0.2, 0.25) is 0 Å². The Kier molecular flexibility index (Phi) is 16.9. The molecule has 0 heterocycles. The Labute approximate surface area is 479 Å². The van der Waals surface area contributed by atoms with E-state index in [0.717, 1.165) is 6.92 Å². The average Bonchev–Trinajstić information content (AvgIpc) is 0.709. The second-order valence-corrected chi connectivity index (χ2v) is 26.1. The smallest absolute Gasteiger partial charge is 0.338 e. The lowest BCUT2D eigenvalue weighted by molar-refractivity contribution is -0.293. The van der Waals surface area contributed by atoms with Gasteiger partial charge in [0.1, 0.15) is 41.8 Å². The van der Waals surface area contributed by atoms with E-state index in [4.69, 9.17) is 23.7 Å². The first-order chi connectivity index (χ1) is 37.9. The molecule has 18 atom stereocenters. The number of rotatable bonds is 11. The maximum absolute atomic E-state index is 14.3. The Morgan fingerprint density at radius 2 is 0.976 bits per heavy atom. The number of carbonyl (C=O) groups excluding carboxylic acids is 10. The minimum Gasteiger partial charge on any atom is -0.459 e. The quantitative estimate of drug-likeness (QED) is 0.115. The van der Waals surface area contributed by atoms with E-state index in [9.17, 15) is 63.3 Å². The van der Waals surface area contributed by atoms with E-state index in [2.05, 4.69) is 13.2 Å². The van der Waals surface area contributed by atoms with Gasteiger partial charge in [0.2, 0.25) is 0 Å². The summed E-state index contributed by atoms with van der Waals surface area (Å²) < 4.78 is 29.5. The average molecular weight is 1140 g/mol. The molecule has 6 saturated carbocycles. The third-order valence-electron chi connectivity index (χ3n) is 20.4. The molecule has 444 valence electrons. The standard InChI is InChI=1S/C33H42O8.C31H38O10/c1-9-31(7)17-23(36)26-32(8)24(16-25(40-20(4)35)33(26,39)29(31)38)30(5,6)19(3)22(15-18(2)34)27(32)41-28(37)21-13-11-10-12-14-21;1-8-29(6)15-19(34)23-30(7)20(14-21(35)31(23,38)27(29)37)28(4,5)24(40-17(3)33)22(39-16(2)32)25(30)41-26(36)18-12-10-9-11-13-18/h9-14,19,22,24-27,39H,1,15-17H2,2-8H3;8-13,20-25,35,38H,1,14-15H2,2-7H3/t19-,22+,24?,25-,26?,27+,31+,32+,33+;20?,21-,22+,23?,24-,25+,29+,30+,31+/m11/s1. The lowest BCUT2D eigenvalue weighted by atomic mass is 9.37. The van der Waals surface area contributed by atoms with Crippen LogP contribution in [0.25, 0.3) is 0 Å². The molecule has 0 aliphatic heterocycles. The molecule has 6 aliphatic carbocycles. The van der Waals surface area contributed by atoms with Crippen LogP contribution in [0.15, 0.2) is 86.0 Å². The number of hydrogen-bond donors (Lipinski definition) is 3. The van der Waals surface area contributed by atoms with E-state index < -0.39 is 163 Å². The summed E-state index contributed by atoms with van der Waals surface area (Å²) >= 11 is 0. The SMILES string of the molecule is C=C[C@@]1(C)CC(=O)C2[C@]3(C)C(C[C@@H](O)[C@@]2(O)C1=O)C(C)(C)[C@H](OC(C)=O)[C@H](OC(C)=O)[C@@H]3OC(=O)c1ccccc1.C=C[C@@]1(C)CC(=O)C2[C@]3(C)C(C[C@@H](OC(C)=O)[C@@]2(O)C1=O)C(C)(C)[C@H](C)[C@H](CC(C)=O)[C@@H]3OC(=O)c1ccccc1. The Morgan fingerprint density at radius 1 is 0.561 bits per heavy atom. The number of ketones is 5. The van der Waals surface area contributed by atoms with Gasteiger partial charge in [-0.25, -0.2) is 9.59 Å². The van der Waals surface area contributed by atoms with Crippen LogP contribution in [0.5, 0.6) is 0 Å². The Hall–Kier alpha value is -6.50. The number of ether oxygens (including phenoxy) is 5. The molecule has 0 saturated heterocycles. The molecule has 18 nitrogen and oxygen atoms in total. The van der Waals surface area contributed by atoms with Gasteiger partial charge in [-0.3, -0.25) is 33.6 Å². The van der Waals surface area contributed by atoms with Gasteiger partial charge in [0.05, 0.1) is 39.9 Å². The van der Waals surface area contributed by atoms with Crippen LogP contribution in [0, 0.1) is 68.0 Å². The topological polar surface area (TPSA) is 278 Å². The highest BCUT2D eigenvalue weighted by Crippen LogP contribution is 2.70. The molecule has 0 bridgehead atoms. The number of esters is 5. The Balaban J connectivity index is 0.000000236. The molecule has 8 rings (SSSR count). The highest BCUT2D eigenvalue weighted by molar-refractivity contribution is 6.08. The number of aliphatic hydroxyl groups is 3. The van der Waals surface area contributed by atoms with E-state index in [0.29, 0.717) is 5.56 Å². The molecule has 2 aromatic carbocycles. The summed E-state index contributed by atoms with van der Waals surface area (Å²) in [5, 5.41) is 36.0. The number of carbonyl (C=O) groups is 10. The molecule has 0 amide bonds. The molecular formula is C64H80O18. The monoisotopic (exact) mass is 1140 g/mol. The zero-order valence-electron chi connectivity index (χ0n) is 49.3. The minimum atomic E-state index is -2.55. The van der Waals surface area contributed by atoms with Crippen molar-refractivity contribution in [3.8, 4) is 0 Å². The molecule has 6 fully saturated rings. The van der Waals surface area contributed by atoms with Gasteiger partial charge < -0.3 is 43.8 Å². The van der Waals surface area contributed by atoms with Gasteiger partial charge in [-0.1, -0.05) is 97.0 Å². The second-order valence-electron chi connectivity index (χ2n) is 26.1. The summed E-state index contributed by atoms with van der Waals surface area (Å²) in [7, 11) is 0. The molecule has 82 heavy (non-hydrogen) atoms. The Bertz CT molecular complexity index is 2960. The van der Waals surface area contributed by atoms with E-state index in [1.165, 1.54) is 52.0 Å². The second kappa shape index (κ2) is 21.9. The number of aliphatic hydroxyl groups excluding tert-OH is 1. The number of hydrogen-bond acceptors (Lipinski definition) is 18. The number of benzene rings is 2. The zero-order valence-corrected chi connectivity index (χ0v) is 49.3. The molecule has 18 heteroatoms. The highest BCUT2D eigenvalue weighted by atomic mass is 16.6. The lowest BCUT2D eigenvalue weighted by Gasteiger charge is -2.68. The van der Waals surface area contributed by atoms with Crippen LogP contribution in [0.3, 0.4) is 0 Å². The van der Waals surface area contributed by atoms with Gasteiger partial charge in [-0.15, -0.1) is 13.2 Å². The summed E-state index contributed by atoms with van der Waals surface area (Å²) in [5.74, 6) is -10.8. The van der Waals surface area contributed by atoms with Crippen LogP contribution < -0.4 is 0 Å². The van der Waals surface area contributed by atoms with Gasteiger partial charge in [-0.05, 0) is 81.0 Å². The van der Waals surface area contributed by atoms with Gasteiger partial charge in [-0.2, -0.15) is 0 Å². The third-order valence-corrected chi connectivity index (χ3v) is 20.4. The summed E-state index contributed by atoms with van der Waals surface area (Å²) in [6.07, 6.45) is -5.89. The van der Waals surface area contributed by atoms with Crippen LogP contribution in [0.4, 0.5) is 0 Å². The largest absolute Gasteiger partial charge is 0.459 e. The summed E-state index contributed by atoms with van der Waals surface area (Å²) in [4.78, 5) is 133. The zero-order chi connectivity index (χ0) is 61.4. The maximum atomic E-state index is 14.3. The van der Waals surface area contributed by atoms with Crippen LogP contribution in [-0.4, -0.2) is 122 Å². The first-order valence-electron chi connectivity index (χ1n) is 28.0. The van der Waals surface area contributed by atoms with Gasteiger partial charge in [0.15, 0.2) is 28.9 Å². The summed E-state index contributed by atoms with van der Waals surface area (Å²) in [6, 6.07) is 16.5. The van der Waals surface area contributed by atoms with Crippen molar-refractivity contribution >= 4 is 58.8 Å². The Morgan fingerprint density at radius 3 is 1.41 bits per heavy atom. The third kappa shape index (κ3) is 9.90. The van der Waals surface area contributed by atoms with Crippen molar-refractivity contribution in [1.82, 2.24) is 0 Å². The van der Waals surface area contributed by atoms with Crippen molar-refractivity contribution in [1.29, 1.82) is 0 Å². The predicted octanol–water partition coefficient (Wildman–Crippen LogP) is 7.11. The number of Topliss-reactive ketones (excluding diaryl/α,β-unsaturated/α-hetero) is 5. The molecule has 0 spiro atoms. The van der Waals surface area contributed by atoms with Crippen molar-refractivity contribution in [3.63, 3.8) is 0 Å². The van der Waals surface area contributed by atoms with Crippen LogP contribution >= 0.6 is 0 Å². The molecular weight excluding hydrogens is 1060 g/mol. The van der Waals surface area contributed by atoms with Crippen molar-refractivity contribution in [2.75, 3.05) is 0 Å². The van der Waals surface area contributed by atoms with Crippen molar-refractivity contribution in [2.24, 2.45) is 68.0 Å². The number of allylic oxidation sites excluding steroid dienone is 2. The molecule has 4 unspecified atom stereocenters. The fraction of sp³-hybridized carbons (Fsp3) is 0.594. The molecule has 0 radical (unpaired) electrons. The van der Waals surface area contributed by atoms with E-state index >= 15 is 0 Å². The van der Waals surface area contributed by atoms with Crippen LogP contribution in [0.1, 0.15) is 143 Å². The maximum Gasteiger partial charge on any atom is 0.338 e. The first kappa shape index (κ1) is 63.1. The fourth-order valence-corrected chi connectivity index (χ4v) is 16.4. The van der Waals surface area contributed by atoms with E-state index in [-0.39, 0.29) is 49.4 Å².